The van der Waals surface area contributed by atoms with Gasteiger partial charge in [0.1, 0.15) is 0 Å². The van der Waals surface area contributed by atoms with Crippen molar-refractivity contribution in [2.24, 2.45) is 5.92 Å². The van der Waals surface area contributed by atoms with Crippen LogP contribution in [0.1, 0.15) is 29.8 Å². The molecule has 0 saturated heterocycles. The Morgan fingerprint density at radius 3 is 2.96 bits per heavy atom. The number of aliphatic hydroxyl groups excluding tert-OH is 1. The molecule has 6 heteroatoms. The molecule has 0 radical (unpaired) electrons. The van der Waals surface area contributed by atoms with Crippen LogP contribution in [0.15, 0.2) is 36.5 Å². The highest BCUT2D eigenvalue weighted by Crippen LogP contribution is 2.26. The molecule has 1 amide bonds. The summed E-state index contributed by atoms with van der Waals surface area (Å²) in [6.45, 7) is 0.560. The fourth-order valence-electron chi connectivity index (χ4n) is 3.06. The number of hydrogen-bond acceptors (Lipinski definition) is 3. The van der Waals surface area contributed by atoms with E-state index < -0.39 is 0 Å². The smallest absolute Gasteiger partial charge is 0.274 e. The van der Waals surface area contributed by atoms with Crippen LogP contribution >= 0.6 is 11.6 Å². The summed E-state index contributed by atoms with van der Waals surface area (Å²) >= 11 is 5.98. The van der Waals surface area contributed by atoms with Crippen LogP contribution in [-0.4, -0.2) is 45.4 Å². The van der Waals surface area contributed by atoms with Gasteiger partial charge in [-0.05, 0) is 37.1 Å². The standard InChI is InChI=1S/C17H20ClN3O2/c1-20(11-12-4-2-7-16(12)22)17(23)15-8-9-21(19-15)14-6-3-5-13(18)10-14/h3,5-6,8-10,12,16,22H,2,4,7,11H2,1H3. The van der Waals surface area contributed by atoms with Gasteiger partial charge >= 0.3 is 0 Å². The fourth-order valence-corrected chi connectivity index (χ4v) is 3.25. The van der Waals surface area contributed by atoms with Crippen molar-refractivity contribution in [1.29, 1.82) is 0 Å². The third kappa shape index (κ3) is 3.57. The van der Waals surface area contributed by atoms with E-state index in [0.29, 0.717) is 17.3 Å². The number of amides is 1. The van der Waals surface area contributed by atoms with Crippen LogP contribution in [0.5, 0.6) is 0 Å². The van der Waals surface area contributed by atoms with Crippen LogP contribution in [0.2, 0.25) is 5.02 Å². The van der Waals surface area contributed by atoms with Gasteiger partial charge < -0.3 is 10.0 Å². The summed E-state index contributed by atoms with van der Waals surface area (Å²) in [5.74, 6) is 0.0313. The Morgan fingerprint density at radius 2 is 2.26 bits per heavy atom. The van der Waals surface area contributed by atoms with Gasteiger partial charge in [-0.1, -0.05) is 24.1 Å². The molecule has 2 atom stereocenters. The SMILES string of the molecule is CN(CC1CCCC1O)C(=O)c1ccn(-c2cccc(Cl)c2)n1. The summed E-state index contributed by atoms with van der Waals surface area (Å²) in [5.41, 5.74) is 1.20. The quantitative estimate of drug-likeness (QED) is 0.936. The highest BCUT2D eigenvalue weighted by Gasteiger charge is 2.28. The number of rotatable bonds is 4. The molecule has 1 N–H and O–H groups in total. The molecule has 1 aromatic carbocycles. The van der Waals surface area contributed by atoms with Crippen LogP contribution in [0.25, 0.3) is 5.69 Å². The first-order valence-corrected chi connectivity index (χ1v) is 8.17. The Balaban J connectivity index is 1.70. The summed E-state index contributed by atoms with van der Waals surface area (Å²) in [6.07, 6.45) is 4.27. The first-order chi connectivity index (χ1) is 11.0. The Bertz CT molecular complexity index is 701. The van der Waals surface area contributed by atoms with Crippen molar-refractivity contribution in [2.45, 2.75) is 25.4 Å². The maximum Gasteiger partial charge on any atom is 0.274 e. The van der Waals surface area contributed by atoms with Crippen molar-refractivity contribution in [3.63, 3.8) is 0 Å². The molecule has 0 aliphatic heterocycles. The molecule has 1 aliphatic rings. The predicted octanol–water partition coefficient (Wildman–Crippen LogP) is 2.76. The molecule has 1 heterocycles. The molecule has 3 rings (SSSR count). The Hall–Kier alpha value is -1.85. The van der Waals surface area contributed by atoms with Crippen molar-refractivity contribution < 1.29 is 9.90 Å². The second-order valence-corrected chi connectivity index (χ2v) is 6.51. The van der Waals surface area contributed by atoms with E-state index in [4.69, 9.17) is 11.6 Å². The molecule has 1 aromatic heterocycles. The number of halogens is 1. The van der Waals surface area contributed by atoms with E-state index in [-0.39, 0.29) is 17.9 Å². The molecule has 0 spiro atoms. The van der Waals surface area contributed by atoms with E-state index in [1.807, 2.05) is 12.1 Å². The van der Waals surface area contributed by atoms with E-state index >= 15 is 0 Å². The van der Waals surface area contributed by atoms with Gasteiger partial charge in [0.2, 0.25) is 0 Å². The lowest BCUT2D eigenvalue weighted by atomic mass is 10.1. The van der Waals surface area contributed by atoms with Crippen LogP contribution < -0.4 is 0 Å². The van der Waals surface area contributed by atoms with Crippen LogP contribution in [0.3, 0.4) is 0 Å². The van der Waals surface area contributed by atoms with Gasteiger partial charge in [0.05, 0.1) is 11.8 Å². The summed E-state index contributed by atoms with van der Waals surface area (Å²) in [5, 5.41) is 14.9. The molecular formula is C17H20ClN3O2. The Labute approximate surface area is 140 Å². The predicted molar refractivity (Wildman–Crippen MR) is 88.9 cm³/mol. The summed E-state index contributed by atoms with van der Waals surface area (Å²) in [6, 6.07) is 9.01. The van der Waals surface area contributed by atoms with E-state index in [0.717, 1.165) is 24.9 Å². The monoisotopic (exact) mass is 333 g/mol. The van der Waals surface area contributed by atoms with Crippen LogP contribution in [-0.2, 0) is 0 Å². The molecule has 1 fully saturated rings. The van der Waals surface area contributed by atoms with Crippen molar-refractivity contribution in [2.75, 3.05) is 13.6 Å². The molecular weight excluding hydrogens is 314 g/mol. The molecule has 122 valence electrons. The molecule has 0 bridgehead atoms. The first-order valence-electron chi connectivity index (χ1n) is 7.80. The lowest BCUT2D eigenvalue weighted by Gasteiger charge is -2.22. The molecule has 1 aliphatic carbocycles. The van der Waals surface area contributed by atoms with Gasteiger partial charge in [-0.2, -0.15) is 5.10 Å². The Morgan fingerprint density at radius 1 is 1.43 bits per heavy atom. The minimum atomic E-state index is -0.297. The number of benzene rings is 1. The van der Waals surface area contributed by atoms with E-state index in [1.165, 1.54) is 0 Å². The minimum Gasteiger partial charge on any atom is -0.393 e. The fraction of sp³-hybridized carbons (Fsp3) is 0.412. The van der Waals surface area contributed by atoms with Gasteiger partial charge in [0, 0.05) is 30.7 Å². The van der Waals surface area contributed by atoms with Crippen LogP contribution in [0, 0.1) is 5.92 Å². The zero-order valence-electron chi connectivity index (χ0n) is 13.0. The average molecular weight is 334 g/mol. The molecule has 1 saturated carbocycles. The van der Waals surface area contributed by atoms with Gasteiger partial charge in [-0.25, -0.2) is 4.68 Å². The third-order valence-electron chi connectivity index (χ3n) is 4.35. The van der Waals surface area contributed by atoms with Gasteiger partial charge in [0.15, 0.2) is 5.69 Å². The largest absolute Gasteiger partial charge is 0.393 e. The second-order valence-electron chi connectivity index (χ2n) is 6.07. The number of carbonyl (C=O) groups excluding carboxylic acids is 1. The average Bonchev–Trinajstić information content (AvgIpc) is 3.16. The zero-order chi connectivity index (χ0) is 16.4. The number of aromatic nitrogens is 2. The van der Waals surface area contributed by atoms with Gasteiger partial charge in [-0.15, -0.1) is 0 Å². The topological polar surface area (TPSA) is 58.4 Å². The van der Waals surface area contributed by atoms with E-state index in [1.54, 1.807) is 41.0 Å². The highest BCUT2D eigenvalue weighted by molar-refractivity contribution is 6.30. The van der Waals surface area contributed by atoms with Crippen LogP contribution in [0.4, 0.5) is 0 Å². The number of hydrogen-bond donors (Lipinski definition) is 1. The lowest BCUT2D eigenvalue weighted by molar-refractivity contribution is 0.0688. The maximum atomic E-state index is 12.5. The second kappa shape index (κ2) is 6.72. The third-order valence-corrected chi connectivity index (χ3v) is 4.59. The number of nitrogens with zero attached hydrogens (tertiary/aromatic N) is 3. The first kappa shape index (κ1) is 16.0. The number of aliphatic hydroxyl groups is 1. The normalized spacial score (nSPS) is 20.7. The van der Waals surface area contributed by atoms with Crippen molar-refractivity contribution in [3.8, 4) is 5.69 Å². The molecule has 23 heavy (non-hydrogen) atoms. The minimum absolute atomic E-state index is 0.134. The van der Waals surface area contributed by atoms with Gasteiger partial charge in [-0.3, -0.25) is 4.79 Å². The lowest BCUT2D eigenvalue weighted by Crippen LogP contribution is -2.34. The molecule has 5 nitrogen and oxygen atoms in total. The van der Waals surface area contributed by atoms with Crippen molar-refractivity contribution in [3.05, 3.63) is 47.2 Å². The molecule has 2 unspecified atom stereocenters. The summed E-state index contributed by atoms with van der Waals surface area (Å²) in [7, 11) is 1.76. The van der Waals surface area contributed by atoms with E-state index in [9.17, 15) is 9.90 Å². The number of carbonyl (C=O) groups is 1. The highest BCUT2D eigenvalue weighted by atomic mass is 35.5. The zero-order valence-corrected chi connectivity index (χ0v) is 13.8. The summed E-state index contributed by atoms with van der Waals surface area (Å²) < 4.78 is 1.64. The molecule has 2 aromatic rings. The Kier molecular flexibility index (Phi) is 4.68. The van der Waals surface area contributed by atoms with Crippen molar-refractivity contribution >= 4 is 17.5 Å². The maximum absolute atomic E-state index is 12.5. The van der Waals surface area contributed by atoms with Crippen molar-refractivity contribution in [1.82, 2.24) is 14.7 Å². The van der Waals surface area contributed by atoms with Gasteiger partial charge in [0.25, 0.3) is 5.91 Å². The van der Waals surface area contributed by atoms with E-state index in [2.05, 4.69) is 5.10 Å². The summed E-state index contributed by atoms with van der Waals surface area (Å²) in [4.78, 5) is 14.1.